The Balaban J connectivity index is 1.15. The van der Waals surface area contributed by atoms with Gasteiger partial charge in [-0.2, -0.15) is 0 Å². The van der Waals surface area contributed by atoms with Crippen LogP contribution in [0.5, 0.6) is 0 Å². The van der Waals surface area contributed by atoms with Crippen molar-refractivity contribution < 1.29 is 8.83 Å². The topological polar surface area (TPSA) is 57.0 Å². The van der Waals surface area contributed by atoms with Gasteiger partial charge in [0.25, 0.3) is 0 Å². The normalized spacial score (nSPS) is 12.4. The van der Waals surface area contributed by atoms with E-state index in [-0.39, 0.29) is 0 Å². The Labute approximate surface area is 334 Å². The molecule has 0 spiro atoms. The van der Waals surface area contributed by atoms with E-state index in [4.69, 9.17) is 18.8 Å². The largest absolute Gasteiger partial charge is 0.456 e. The third-order valence-corrected chi connectivity index (χ3v) is 12.6. The van der Waals surface area contributed by atoms with Crippen LogP contribution < -0.4 is 0 Å². The van der Waals surface area contributed by atoms with E-state index in [9.17, 15) is 0 Å². The number of aromatic nitrogens is 3. The highest BCUT2D eigenvalue weighted by atomic mass is 16.3. The van der Waals surface area contributed by atoms with Crippen LogP contribution in [0.3, 0.4) is 0 Å². The van der Waals surface area contributed by atoms with Crippen molar-refractivity contribution in [1.29, 1.82) is 0 Å². The Morgan fingerprint density at radius 3 is 1.66 bits per heavy atom. The van der Waals surface area contributed by atoms with Crippen LogP contribution in [0.25, 0.3) is 137 Å². The zero-order chi connectivity index (χ0) is 38.3. The number of nitrogens with zero attached hydrogens (tertiary/aromatic N) is 3. The number of hydrogen-bond acceptors (Lipinski definition) is 4. The van der Waals surface area contributed by atoms with Gasteiger partial charge in [0.2, 0.25) is 5.95 Å². The molecule has 0 aliphatic rings. The predicted octanol–water partition coefficient (Wildman–Crippen LogP) is 14.8. The molecule has 5 nitrogen and oxygen atoms in total. The monoisotopic (exact) mass is 751 g/mol. The van der Waals surface area contributed by atoms with Crippen LogP contribution in [0.2, 0.25) is 0 Å². The van der Waals surface area contributed by atoms with Crippen LogP contribution in [-0.4, -0.2) is 14.5 Å². The highest BCUT2D eigenvalue weighted by molar-refractivity contribution is 6.40. The third-order valence-electron chi connectivity index (χ3n) is 12.6. The Hall–Kier alpha value is -8.02. The van der Waals surface area contributed by atoms with Crippen molar-refractivity contribution in [2.75, 3.05) is 0 Å². The van der Waals surface area contributed by atoms with Gasteiger partial charge in [0.1, 0.15) is 22.3 Å². The summed E-state index contributed by atoms with van der Waals surface area (Å²) in [5.41, 5.74) is 8.18. The van der Waals surface area contributed by atoms with Gasteiger partial charge >= 0.3 is 0 Å². The van der Waals surface area contributed by atoms with E-state index in [1.54, 1.807) is 0 Å². The number of benzene rings is 10. The quantitative estimate of drug-likeness (QED) is 0.165. The molecular formula is C54H29N3O2. The smallest absolute Gasteiger partial charge is 0.235 e. The van der Waals surface area contributed by atoms with Gasteiger partial charge in [0.15, 0.2) is 0 Å². The average Bonchev–Trinajstić information content (AvgIpc) is 3.99. The fourth-order valence-electron chi connectivity index (χ4n) is 10.1. The molecule has 14 rings (SSSR count). The molecule has 0 saturated carbocycles. The maximum atomic E-state index is 6.95. The van der Waals surface area contributed by atoms with Crippen LogP contribution in [0.4, 0.5) is 0 Å². The first-order valence-electron chi connectivity index (χ1n) is 20.0. The minimum atomic E-state index is 0.599. The van der Waals surface area contributed by atoms with E-state index in [1.165, 1.54) is 32.3 Å². The Bertz CT molecular complexity index is 4110. The molecular weight excluding hydrogens is 723 g/mol. The molecule has 0 aliphatic heterocycles. The van der Waals surface area contributed by atoms with Crippen molar-refractivity contribution in [3.8, 4) is 17.2 Å². The summed E-state index contributed by atoms with van der Waals surface area (Å²) in [5, 5.41) is 17.0. The van der Waals surface area contributed by atoms with Gasteiger partial charge in [-0.1, -0.05) is 133 Å². The number of fused-ring (bicyclic) bond motifs is 21. The van der Waals surface area contributed by atoms with Crippen LogP contribution in [0, 0.1) is 0 Å². The summed E-state index contributed by atoms with van der Waals surface area (Å²) in [5.74, 6) is 0.599. The summed E-state index contributed by atoms with van der Waals surface area (Å²) in [4.78, 5) is 11.0. The summed E-state index contributed by atoms with van der Waals surface area (Å²) in [7, 11) is 0. The second kappa shape index (κ2) is 11.3. The SMILES string of the molecule is c1ccc2c(-c3ccc4c5ccccc5c5ccccc5c4c3)nc(-n3c4ccccc4c4c5oc6ccccc6c5c5c(ccc6oc7ccccc7c65)c43)nc2c1. The lowest BCUT2D eigenvalue weighted by Crippen LogP contribution is -2.04. The number of rotatable bonds is 2. The minimum absolute atomic E-state index is 0.599. The summed E-state index contributed by atoms with van der Waals surface area (Å²) in [6.45, 7) is 0. The molecule has 10 aromatic carbocycles. The number of hydrogen-bond donors (Lipinski definition) is 0. The summed E-state index contributed by atoms with van der Waals surface area (Å²) < 4.78 is 15.7. The molecule has 0 unspecified atom stereocenters. The molecule has 0 radical (unpaired) electrons. The fraction of sp³-hybridized carbons (Fsp3) is 0. The molecule has 5 heteroatoms. The van der Waals surface area contributed by atoms with Gasteiger partial charge in [-0.25, -0.2) is 9.97 Å². The van der Waals surface area contributed by atoms with Crippen LogP contribution in [0.1, 0.15) is 0 Å². The number of para-hydroxylation sites is 4. The Kier molecular flexibility index (Phi) is 5.96. The van der Waals surface area contributed by atoms with Gasteiger partial charge < -0.3 is 8.83 Å². The summed E-state index contributed by atoms with van der Waals surface area (Å²) in [6.07, 6.45) is 0. The second-order valence-electron chi connectivity index (χ2n) is 15.6. The third kappa shape index (κ3) is 4.08. The van der Waals surface area contributed by atoms with Crippen molar-refractivity contribution in [3.63, 3.8) is 0 Å². The number of furan rings is 2. The Morgan fingerprint density at radius 1 is 0.356 bits per heavy atom. The molecule has 272 valence electrons. The maximum Gasteiger partial charge on any atom is 0.235 e. The molecule has 0 amide bonds. The highest BCUT2D eigenvalue weighted by Crippen LogP contribution is 2.49. The lowest BCUT2D eigenvalue weighted by molar-refractivity contribution is 0.669. The van der Waals surface area contributed by atoms with Gasteiger partial charge in [0, 0.05) is 48.7 Å². The first-order valence-corrected chi connectivity index (χ1v) is 20.0. The molecule has 59 heavy (non-hydrogen) atoms. The van der Waals surface area contributed by atoms with E-state index in [1.807, 2.05) is 18.2 Å². The van der Waals surface area contributed by atoms with Crippen molar-refractivity contribution in [3.05, 3.63) is 176 Å². The molecule has 14 aromatic rings. The molecule has 4 aromatic heterocycles. The molecule has 0 atom stereocenters. The molecule has 4 heterocycles. The van der Waals surface area contributed by atoms with Gasteiger partial charge in [0.05, 0.1) is 27.6 Å². The van der Waals surface area contributed by atoms with Crippen molar-refractivity contribution in [2.45, 2.75) is 0 Å². The van der Waals surface area contributed by atoms with Crippen molar-refractivity contribution >= 4 is 120 Å². The summed E-state index contributed by atoms with van der Waals surface area (Å²) >= 11 is 0. The fourth-order valence-corrected chi connectivity index (χ4v) is 10.1. The molecule has 0 bridgehead atoms. The first kappa shape index (κ1) is 31.1. The van der Waals surface area contributed by atoms with Crippen molar-refractivity contribution in [2.24, 2.45) is 0 Å². The van der Waals surface area contributed by atoms with Gasteiger partial charge in [-0.05, 0) is 74.8 Å². The lowest BCUT2D eigenvalue weighted by atomic mass is 9.92. The lowest BCUT2D eigenvalue weighted by Gasteiger charge is -2.15. The first-order chi connectivity index (χ1) is 29.3. The maximum absolute atomic E-state index is 6.95. The van der Waals surface area contributed by atoms with Crippen LogP contribution in [-0.2, 0) is 0 Å². The Morgan fingerprint density at radius 2 is 0.915 bits per heavy atom. The van der Waals surface area contributed by atoms with E-state index >= 15 is 0 Å². The van der Waals surface area contributed by atoms with Crippen LogP contribution in [0.15, 0.2) is 185 Å². The molecule has 0 fully saturated rings. The van der Waals surface area contributed by atoms with Gasteiger partial charge in [-0.15, -0.1) is 0 Å². The minimum Gasteiger partial charge on any atom is -0.456 e. The summed E-state index contributed by atoms with van der Waals surface area (Å²) in [6, 6.07) is 62.2. The molecule has 0 saturated heterocycles. The van der Waals surface area contributed by atoms with Gasteiger partial charge in [-0.3, -0.25) is 4.57 Å². The van der Waals surface area contributed by atoms with E-state index in [2.05, 4.69) is 162 Å². The molecule has 0 N–H and O–H groups in total. The van der Waals surface area contributed by atoms with E-state index < -0.39 is 0 Å². The van der Waals surface area contributed by atoms with E-state index in [0.717, 1.165) is 98.6 Å². The molecule has 0 aliphatic carbocycles. The van der Waals surface area contributed by atoms with Crippen LogP contribution >= 0.6 is 0 Å². The zero-order valence-corrected chi connectivity index (χ0v) is 31.4. The predicted molar refractivity (Wildman–Crippen MR) is 244 cm³/mol. The average molecular weight is 752 g/mol. The van der Waals surface area contributed by atoms with Crippen molar-refractivity contribution in [1.82, 2.24) is 14.5 Å². The standard InChI is InChI=1S/C54H29N3O2/c1-2-15-33-31(13-1)32-14-3-4-16-34(32)41-29-30(25-26-35(33)41)51-36-17-5-9-21-42(36)55-54(56-51)57-43-22-10-6-18-37(43)50-52(57)40-27-28-46-47(38-19-7-11-23-44(38)58-46)48(40)49-39-20-8-12-24-45(39)59-53(49)50/h1-29H. The zero-order valence-electron chi connectivity index (χ0n) is 31.4. The van der Waals surface area contributed by atoms with E-state index in [0.29, 0.717) is 5.95 Å². The highest BCUT2D eigenvalue weighted by Gasteiger charge is 2.27. The second-order valence-corrected chi connectivity index (χ2v) is 15.6.